The van der Waals surface area contributed by atoms with Crippen LogP contribution in [0.5, 0.6) is 5.75 Å². The number of hydrogen-bond donors (Lipinski definition) is 1. The maximum absolute atomic E-state index is 5.97. The van der Waals surface area contributed by atoms with Gasteiger partial charge in [-0.3, -0.25) is 0 Å². The molecular weight excluding hydrogens is 234 g/mol. The van der Waals surface area contributed by atoms with Gasteiger partial charge in [0.05, 0.1) is 6.61 Å². The molecule has 2 nitrogen and oxygen atoms in total. The molecule has 2 atom stereocenters. The summed E-state index contributed by atoms with van der Waals surface area (Å²) < 4.78 is 5.97. The molecule has 1 aromatic rings. The maximum Gasteiger partial charge on any atom is 0.127 e. The molecule has 0 bridgehead atoms. The molecule has 2 unspecified atom stereocenters. The van der Waals surface area contributed by atoms with Crippen LogP contribution >= 0.6 is 0 Å². The number of aryl methyl sites for hydroxylation is 1. The molecule has 0 amide bonds. The largest absolute Gasteiger partial charge is 0.493 e. The molecule has 0 saturated heterocycles. The van der Waals surface area contributed by atoms with E-state index in [0.717, 1.165) is 31.7 Å². The third kappa shape index (κ3) is 3.30. The van der Waals surface area contributed by atoms with Crippen molar-refractivity contribution in [1.82, 2.24) is 5.32 Å². The molecule has 0 aliphatic carbocycles. The van der Waals surface area contributed by atoms with E-state index in [1.807, 2.05) is 0 Å². The van der Waals surface area contributed by atoms with Gasteiger partial charge in [0, 0.05) is 11.6 Å². The normalized spacial score (nSPS) is 17.4. The van der Waals surface area contributed by atoms with E-state index < -0.39 is 0 Å². The Morgan fingerprint density at radius 2 is 2.16 bits per heavy atom. The van der Waals surface area contributed by atoms with E-state index in [4.69, 9.17) is 4.74 Å². The van der Waals surface area contributed by atoms with Gasteiger partial charge < -0.3 is 10.1 Å². The molecule has 1 aromatic carbocycles. The van der Waals surface area contributed by atoms with Crippen molar-refractivity contribution in [2.24, 2.45) is 5.92 Å². The Kier molecular flexibility index (Phi) is 5.26. The highest BCUT2D eigenvalue weighted by Gasteiger charge is 2.24. The first-order valence-electron chi connectivity index (χ1n) is 7.75. The SMILES string of the molecule is CCCC(C)C(NCC)c1cccc2c1OCCC2. The van der Waals surface area contributed by atoms with Crippen LogP contribution in [0.4, 0.5) is 0 Å². The van der Waals surface area contributed by atoms with Gasteiger partial charge >= 0.3 is 0 Å². The Balaban J connectivity index is 2.30. The average Bonchev–Trinajstić information content (AvgIpc) is 2.44. The fraction of sp³-hybridized carbons (Fsp3) is 0.647. The first kappa shape index (κ1) is 14.4. The van der Waals surface area contributed by atoms with Gasteiger partial charge in [-0.15, -0.1) is 0 Å². The standard InChI is InChI=1S/C17H27NO/c1-4-8-13(3)16(18-5-2)15-11-6-9-14-10-7-12-19-17(14)15/h6,9,11,13,16,18H,4-5,7-8,10,12H2,1-3H3. The van der Waals surface area contributed by atoms with Crippen molar-refractivity contribution in [3.63, 3.8) is 0 Å². The summed E-state index contributed by atoms with van der Waals surface area (Å²) in [6.07, 6.45) is 4.79. The van der Waals surface area contributed by atoms with Crippen LogP contribution in [-0.4, -0.2) is 13.2 Å². The molecule has 106 valence electrons. The van der Waals surface area contributed by atoms with E-state index in [1.165, 1.54) is 24.0 Å². The highest BCUT2D eigenvalue weighted by Crippen LogP contribution is 2.36. The monoisotopic (exact) mass is 261 g/mol. The van der Waals surface area contributed by atoms with E-state index in [-0.39, 0.29) is 0 Å². The third-order valence-corrected chi connectivity index (χ3v) is 4.04. The summed E-state index contributed by atoms with van der Waals surface area (Å²) in [5, 5.41) is 3.65. The van der Waals surface area contributed by atoms with Gasteiger partial charge in [0.15, 0.2) is 0 Å². The van der Waals surface area contributed by atoms with Crippen LogP contribution in [0, 0.1) is 5.92 Å². The molecule has 1 aliphatic heterocycles. The molecule has 0 radical (unpaired) electrons. The molecule has 19 heavy (non-hydrogen) atoms. The zero-order valence-electron chi connectivity index (χ0n) is 12.5. The van der Waals surface area contributed by atoms with Crippen LogP contribution in [0.25, 0.3) is 0 Å². The quantitative estimate of drug-likeness (QED) is 0.832. The molecule has 1 aliphatic rings. The molecule has 0 saturated carbocycles. The van der Waals surface area contributed by atoms with E-state index in [1.54, 1.807) is 0 Å². The van der Waals surface area contributed by atoms with Gasteiger partial charge in [0.2, 0.25) is 0 Å². The van der Waals surface area contributed by atoms with E-state index >= 15 is 0 Å². The summed E-state index contributed by atoms with van der Waals surface area (Å²) >= 11 is 0. The van der Waals surface area contributed by atoms with E-state index in [2.05, 4.69) is 44.3 Å². The Labute approximate surface area is 117 Å². The molecule has 2 rings (SSSR count). The Hall–Kier alpha value is -1.02. The van der Waals surface area contributed by atoms with Crippen molar-refractivity contribution in [1.29, 1.82) is 0 Å². The Morgan fingerprint density at radius 3 is 2.89 bits per heavy atom. The minimum Gasteiger partial charge on any atom is -0.493 e. The number of hydrogen-bond acceptors (Lipinski definition) is 2. The molecule has 0 fully saturated rings. The summed E-state index contributed by atoms with van der Waals surface area (Å²) in [7, 11) is 0. The van der Waals surface area contributed by atoms with Crippen LogP contribution in [0.2, 0.25) is 0 Å². The van der Waals surface area contributed by atoms with Gasteiger partial charge in [-0.1, -0.05) is 45.4 Å². The minimum atomic E-state index is 0.415. The first-order chi connectivity index (χ1) is 9.27. The molecule has 1 heterocycles. The summed E-state index contributed by atoms with van der Waals surface area (Å²) in [6.45, 7) is 8.66. The summed E-state index contributed by atoms with van der Waals surface area (Å²) in [5.74, 6) is 1.80. The summed E-state index contributed by atoms with van der Waals surface area (Å²) in [6, 6.07) is 7.05. The number of benzene rings is 1. The minimum absolute atomic E-state index is 0.415. The average molecular weight is 261 g/mol. The van der Waals surface area contributed by atoms with Crippen molar-refractivity contribution in [3.05, 3.63) is 29.3 Å². The lowest BCUT2D eigenvalue weighted by atomic mass is 9.88. The van der Waals surface area contributed by atoms with Crippen LogP contribution in [-0.2, 0) is 6.42 Å². The Bertz CT molecular complexity index is 402. The van der Waals surface area contributed by atoms with Gasteiger partial charge in [0.25, 0.3) is 0 Å². The fourth-order valence-electron chi connectivity index (χ4n) is 3.12. The molecule has 1 N–H and O–H groups in total. The van der Waals surface area contributed by atoms with Gasteiger partial charge in [-0.25, -0.2) is 0 Å². The topological polar surface area (TPSA) is 21.3 Å². The zero-order chi connectivity index (χ0) is 13.7. The highest BCUT2D eigenvalue weighted by atomic mass is 16.5. The second-order valence-corrected chi connectivity index (χ2v) is 5.59. The number of fused-ring (bicyclic) bond motifs is 1. The lowest BCUT2D eigenvalue weighted by molar-refractivity contribution is 0.274. The predicted octanol–water partition coefficient (Wildman–Crippen LogP) is 4.10. The van der Waals surface area contributed by atoms with Crippen molar-refractivity contribution < 1.29 is 4.74 Å². The number of rotatable bonds is 6. The molecule has 0 spiro atoms. The number of ether oxygens (including phenoxy) is 1. The summed E-state index contributed by atoms with van der Waals surface area (Å²) in [4.78, 5) is 0. The van der Waals surface area contributed by atoms with Crippen LogP contribution < -0.4 is 10.1 Å². The highest BCUT2D eigenvalue weighted by molar-refractivity contribution is 5.44. The van der Waals surface area contributed by atoms with Crippen molar-refractivity contribution in [3.8, 4) is 5.75 Å². The van der Waals surface area contributed by atoms with Gasteiger partial charge in [-0.05, 0) is 37.3 Å². The first-order valence-corrected chi connectivity index (χ1v) is 7.75. The molecular formula is C17H27NO. The van der Waals surface area contributed by atoms with Crippen molar-refractivity contribution >= 4 is 0 Å². The lowest BCUT2D eigenvalue weighted by Gasteiger charge is -2.29. The second-order valence-electron chi connectivity index (χ2n) is 5.59. The Morgan fingerprint density at radius 1 is 1.32 bits per heavy atom. The second kappa shape index (κ2) is 6.95. The third-order valence-electron chi connectivity index (χ3n) is 4.04. The van der Waals surface area contributed by atoms with E-state index in [9.17, 15) is 0 Å². The van der Waals surface area contributed by atoms with Crippen LogP contribution in [0.3, 0.4) is 0 Å². The smallest absolute Gasteiger partial charge is 0.127 e. The maximum atomic E-state index is 5.97. The number of para-hydroxylation sites is 1. The predicted molar refractivity (Wildman–Crippen MR) is 80.7 cm³/mol. The molecule has 2 heteroatoms. The van der Waals surface area contributed by atoms with E-state index in [0.29, 0.717) is 12.0 Å². The fourth-order valence-corrected chi connectivity index (χ4v) is 3.12. The van der Waals surface area contributed by atoms with Crippen LogP contribution in [0.15, 0.2) is 18.2 Å². The van der Waals surface area contributed by atoms with Gasteiger partial charge in [0.1, 0.15) is 5.75 Å². The lowest BCUT2D eigenvalue weighted by Crippen LogP contribution is -2.28. The molecule has 0 aromatic heterocycles. The zero-order valence-corrected chi connectivity index (χ0v) is 12.5. The van der Waals surface area contributed by atoms with Crippen molar-refractivity contribution in [2.45, 2.75) is 52.5 Å². The van der Waals surface area contributed by atoms with Gasteiger partial charge in [-0.2, -0.15) is 0 Å². The van der Waals surface area contributed by atoms with Crippen LogP contribution in [0.1, 0.15) is 57.2 Å². The summed E-state index contributed by atoms with van der Waals surface area (Å²) in [5.41, 5.74) is 2.75. The number of nitrogens with one attached hydrogen (secondary N) is 1. The van der Waals surface area contributed by atoms with Crippen molar-refractivity contribution in [2.75, 3.05) is 13.2 Å².